The van der Waals surface area contributed by atoms with Crippen molar-refractivity contribution in [3.63, 3.8) is 0 Å². The molecule has 2 amide bonds. The van der Waals surface area contributed by atoms with Crippen LogP contribution >= 0.6 is 39.9 Å². The lowest BCUT2D eigenvalue weighted by Gasteiger charge is -2.14. The van der Waals surface area contributed by atoms with E-state index in [0.717, 1.165) is 40.0 Å². The van der Waals surface area contributed by atoms with Gasteiger partial charge in [-0.05, 0) is 29.8 Å². The van der Waals surface area contributed by atoms with Gasteiger partial charge in [-0.2, -0.15) is 0 Å². The van der Waals surface area contributed by atoms with Crippen molar-refractivity contribution in [2.24, 2.45) is 0 Å². The highest BCUT2D eigenvalue weighted by Gasteiger charge is 2.32. The zero-order valence-electron chi connectivity index (χ0n) is 15.2. The molecule has 1 aliphatic heterocycles. The van der Waals surface area contributed by atoms with Gasteiger partial charge in [0.1, 0.15) is 10.1 Å². The largest absolute Gasteiger partial charge is 0.506 e. The number of rotatable bonds is 6. The van der Waals surface area contributed by atoms with Gasteiger partial charge in [0.25, 0.3) is 11.6 Å². The van der Waals surface area contributed by atoms with E-state index in [1.54, 1.807) is 6.08 Å². The molecule has 8 nitrogen and oxygen atoms in total. The van der Waals surface area contributed by atoms with Crippen LogP contribution in [0.15, 0.2) is 51.8 Å². The van der Waals surface area contributed by atoms with Gasteiger partial charge < -0.3 is 10.4 Å². The number of carbonyl (C=O) groups excluding carboxylic acids is 2. The molecule has 154 valence electrons. The first-order valence-corrected chi connectivity index (χ1v) is 10.5. The summed E-state index contributed by atoms with van der Waals surface area (Å²) in [4.78, 5) is 36.8. The number of thiocarbonyl (C=S) groups is 1. The van der Waals surface area contributed by atoms with Crippen molar-refractivity contribution in [3.8, 4) is 5.75 Å². The molecular weight excluding hydrogens is 494 g/mol. The van der Waals surface area contributed by atoms with E-state index in [0.29, 0.717) is 9.23 Å². The molecule has 0 aliphatic carbocycles. The van der Waals surface area contributed by atoms with E-state index < -0.39 is 10.8 Å². The molecule has 1 saturated heterocycles. The first-order chi connectivity index (χ1) is 14.2. The van der Waals surface area contributed by atoms with E-state index in [2.05, 4.69) is 21.2 Å². The summed E-state index contributed by atoms with van der Waals surface area (Å²) < 4.78 is 1.27. The van der Waals surface area contributed by atoms with Crippen LogP contribution in [-0.4, -0.2) is 37.6 Å². The number of aromatic hydroxyl groups is 1. The summed E-state index contributed by atoms with van der Waals surface area (Å²) in [6.45, 7) is 0.0455. The fraction of sp³-hybridized carbons (Fsp3) is 0.105. The Morgan fingerprint density at radius 3 is 2.67 bits per heavy atom. The number of anilines is 1. The number of benzene rings is 2. The van der Waals surface area contributed by atoms with Gasteiger partial charge in [-0.3, -0.25) is 24.6 Å². The van der Waals surface area contributed by atoms with Crippen LogP contribution in [-0.2, 0) is 9.59 Å². The molecule has 1 fully saturated rings. The minimum atomic E-state index is -0.632. The lowest BCUT2D eigenvalue weighted by Crippen LogP contribution is -2.31. The van der Waals surface area contributed by atoms with Gasteiger partial charge in [0.2, 0.25) is 5.91 Å². The summed E-state index contributed by atoms with van der Waals surface area (Å²) in [7, 11) is 0. The number of nitro benzene ring substituents is 1. The van der Waals surface area contributed by atoms with Gasteiger partial charge in [0, 0.05) is 29.6 Å². The highest BCUT2D eigenvalue weighted by atomic mass is 79.9. The number of carbonyl (C=O) groups is 2. The maximum absolute atomic E-state index is 12.6. The number of nitrogens with zero attached hydrogens (tertiary/aromatic N) is 2. The molecule has 0 bridgehead atoms. The molecule has 0 spiro atoms. The zero-order valence-corrected chi connectivity index (χ0v) is 18.4. The second-order valence-electron chi connectivity index (χ2n) is 6.14. The third-order valence-corrected chi connectivity index (χ3v) is 5.98. The van der Waals surface area contributed by atoms with Crippen LogP contribution in [0.4, 0.5) is 11.4 Å². The number of nitro groups is 1. The van der Waals surface area contributed by atoms with E-state index in [9.17, 15) is 24.8 Å². The quantitative estimate of drug-likeness (QED) is 0.197. The summed E-state index contributed by atoms with van der Waals surface area (Å²) in [6, 6.07) is 10.8. The normalized spacial score (nSPS) is 15.0. The van der Waals surface area contributed by atoms with Crippen LogP contribution in [0.25, 0.3) is 6.08 Å². The van der Waals surface area contributed by atoms with Gasteiger partial charge in [-0.15, -0.1) is 0 Å². The summed E-state index contributed by atoms with van der Waals surface area (Å²) in [5, 5.41) is 23.0. The number of hydrogen-bond donors (Lipinski definition) is 2. The molecule has 1 heterocycles. The predicted molar refractivity (Wildman–Crippen MR) is 122 cm³/mol. The number of phenolic OH excluding ortho intramolecular Hbond substituents is 1. The molecule has 2 N–H and O–H groups in total. The van der Waals surface area contributed by atoms with Gasteiger partial charge in [-0.25, -0.2) is 0 Å². The smallest absolute Gasteiger partial charge is 0.271 e. The van der Waals surface area contributed by atoms with Gasteiger partial charge in [-0.1, -0.05) is 52.0 Å². The molecule has 30 heavy (non-hydrogen) atoms. The van der Waals surface area contributed by atoms with Crippen molar-refractivity contribution in [1.82, 2.24) is 4.90 Å². The first-order valence-electron chi connectivity index (χ1n) is 8.53. The standard InChI is InChI=1S/C19H14BrN3O5S2/c20-12-3-1-11(2-4-12)9-16-18(26)22(19(29)30-16)8-7-17(25)21-14-10-13(23(27)28)5-6-15(14)24/h1-6,9-10,24H,7-8H2,(H,21,25)/b16-9-. The monoisotopic (exact) mass is 507 g/mol. The summed E-state index contributed by atoms with van der Waals surface area (Å²) in [5.74, 6) is -1.10. The maximum atomic E-state index is 12.6. The average molecular weight is 508 g/mol. The minimum absolute atomic E-state index is 0.0455. The van der Waals surface area contributed by atoms with Gasteiger partial charge in [0.05, 0.1) is 15.5 Å². The summed E-state index contributed by atoms with van der Waals surface area (Å²) >= 11 is 9.76. The number of amides is 2. The van der Waals surface area contributed by atoms with Crippen molar-refractivity contribution in [1.29, 1.82) is 0 Å². The van der Waals surface area contributed by atoms with E-state index >= 15 is 0 Å². The number of thioether (sulfide) groups is 1. The van der Waals surface area contributed by atoms with Crippen molar-refractivity contribution in [3.05, 3.63) is 67.5 Å². The Kier molecular flexibility index (Phi) is 6.85. The molecule has 11 heteroatoms. The van der Waals surface area contributed by atoms with Crippen LogP contribution in [0.3, 0.4) is 0 Å². The molecule has 0 aromatic heterocycles. The SMILES string of the molecule is O=C(CCN1C(=O)/C(=C/c2ccc(Br)cc2)SC1=S)Nc1cc([N+](=O)[O-])ccc1O. The van der Waals surface area contributed by atoms with E-state index in [-0.39, 0.29) is 36.0 Å². The second kappa shape index (κ2) is 9.37. The Balaban J connectivity index is 1.63. The Labute approximate surface area is 189 Å². The lowest BCUT2D eigenvalue weighted by atomic mass is 10.2. The van der Waals surface area contributed by atoms with Crippen LogP contribution in [0, 0.1) is 10.1 Å². The number of halogens is 1. The molecule has 3 rings (SSSR count). The first kappa shape index (κ1) is 21.9. The highest BCUT2D eigenvalue weighted by Crippen LogP contribution is 2.33. The van der Waals surface area contributed by atoms with Crippen LogP contribution in [0.2, 0.25) is 0 Å². The average Bonchev–Trinajstić information content (AvgIpc) is 2.96. The Hall–Kier alpha value is -2.76. The summed E-state index contributed by atoms with van der Waals surface area (Å²) in [6.07, 6.45) is 1.63. The fourth-order valence-corrected chi connectivity index (χ4v) is 4.14. The number of nitrogens with one attached hydrogen (secondary N) is 1. The van der Waals surface area contributed by atoms with Crippen molar-refractivity contribution >= 4 is 73.5 Å². The molecule has 0 atom stereocenters. The Morgan fingerprint density at radius 2 is 2.00 bits per heavy atom. The predicted octanol–water partition coefficient (Wildman–Crippen LogP) is 4.29. The van der Waals surface area contributed by atoms with Gasteiger partial charge in [0.15, 0.2) is 0 Å². The molecule has 0 unspecified atom stereocenters. The maximum Gasteiger partial charge on any atom is 0.271 e. The fourth-order valence-electron chi connectivity index (χ4n) is 2.57. The van der Waals surface area contributed by atoms with E-state index in [1.807, 2.05) is 24.3 Å². The molecule has 2 aromatic rings. The molecular formula is C19H14BrN3O5S2. The van der Waals surface area contributed by atoms with Crippen molar-refractivity contribution in [2.45, 2.75) is 6.42 Å². The summed E-state index contributed by atoms with van der Waals surface area (Å²) in [5.41, 5.74) is 0.505. The highest BCUT2D eigenvalue weighted by molar-refractivity contribution is 9.10. The Bertz CT molecular complexity index is 1070. The molecule has 1 aliphatic rings. The van der Waals surface area contributed by atoms with Crippen molar-refractivity contribution in [2.75, 3.05) is 11.9 Å². The van der Waals surface area contributed by atoms with Crippen molar-refractivity contribution < 1.29 is 19.6 Å². The minimum Gasteiger partial charge on any atom is -0.506 e. The van der Waals surface area contributed by atoms with E-state index in [4.69, 9.17) is 12.2 Å². The second-order valence-corrected chi connectivity index (χ2v) is 8.73. The third kappa shape index (κ3) is 5.23. The lowest BCUT2D eigenvalue weighted by molar-refractivity contribution is -0.384. The van der Waals surface area contributed by atoms with Crippen LogP contribution in [0.5, 0.6) is 5.75 Å². The molecule has 2 aromatic carbocycles. The van der Waals surface area contributed by atoms with Crippen LogP contribution in [0.1, 0.15) is 12.0 Å². The topological polar surface area (TPSA) is 113 Å². The van der Waals surface area contributed by atoms with Gasteiger partial charge >= 0.3 is 0 Å². The third-order valence-electron chi connectivity index (χ3n) is 4.07. The number of non-ortho nitro benzene ring substituents is 1. The number of phenols is 1. The van der Waals surface area contributed by atoms with Crippen LogP contribution < -0.4 is 5.32 Å². The zero-order chi connectivity index (χ0) is 21.8. The number of hydrogen-bond acceptors (Lipinski definition) is 7. The molecule has 0 saturated carbocycles. The molecule has 0 radical (unpaired) electrons. The van der Waals surface area contributed by atoms with E-state index in [1.165, 1.54) is 4.90 Å². The Morgan fingerprint density at radius 1 is 1.30 bits per heavy atom.